The van der Waals surface area contributed by atoms with E-state index < -0.39 is 5.60 Å². The quantitative estimate of drug-likeness (QED) is 0.696. The molecule has 2 N–H and O–H groups in total. The normalized spacial score (nSPS) is 11.5. The Hall–Kier alpha value is -1.26. The summed E-state index contributed by atoms with van der Waals surface area (Å²) < 4.78 is 11.2. The van der Waals surface area contributed by atoms with Gasteiger partial charge in [0.25, 0.3) is 0 Å². The molecule has 0 heterocycles. The Morgan fingerprint density at radius 2 is 1.62 bits per heavy atom. The van der Waals surface area contributed by atoms with Crippen LogP contribution in [-0.2, 0) is 6.54 Å². The van der Waals surface area contributed by atoms with Crippen molar-refractivity contribution in [3.8, 4) is 11.5 Å². The summed E-state index contributed by atoms with van der Waals surface area (Å²) in [6.45, 7) is 10.5. The van der Waals surface area contributed by atoms with Crippen LogP contribution in [0.15, 0.2) is 18.2 Å². The van der Waals surface area contributed by atoms with Gasteiger partial charge in [-0.3, -0.25) is 0 Å². The fraction of sp³-hybridized carbons (Fsp3) is 0.647. The van der Waals surface area contributed by atoms with Crippen LogP contribution < -0.4 is 14.8 Å². The van der Waals surface area contributed by atoms with Crippen molar-refractivity contribution >= 4 is 0 Å². The number of nitrogens with one attached hydrogen (secondary N) is 1. The molecule has 0 spiro atoms. The SMILES string of the molecule is CCOc1ccc(CNCC(O)(CC)CC)cc1OCC. The molecule has 4 nitrogen and oxygen atoms in total. The monoisotopic (exact) mass is 295 g/mol. The molecule has 0 radical (unpaired) electrons. The Bertz CT molecular complexity index is 416. The molecule has 4 heteroatoms. The first-order chi connectivity index (χ1) is 10.1. The fourth-order valence-electron chi connectivity index (χ4n) is 2.15. The van der Waals surface area contributed by atoms with Crippen LogP contribution >= 0.6 is 0 Å². The highest BCUT2D eigenvalue weighted by Gasteiger charge is 2.21. The topological polar surface area (TPSA) is 50.7 Å². The van der Waals surface area contributed by atoms with Gasteiger partial charge in [0, 0.05) is 13.1 Å². The first kappa shape index (κ1) is 17.8. The molecule has 1 rings (SSSR count). The van der Waals surface area contributed by atoms with E-state index in [0.29, 0.717) is 26.3 Å². The Kier molecular flexibility index (Phi) is 7.54. The molecule has 0 atom stereocenters. The van der Waals surface area contributed by atoms with Gasteiger partial charge in [-0.25, -0.2) is 0 Å². The molecular weight excluding hydrogens is 266 g/mol. The molecule has 0 fully saturated rings. The smallest absolute Gasteiger partial charge is 0.161 e. The molecule has 21 heavy (non-hydrogen) atoms. The van der Waals surface area contributed by atoms with E-state index in [4.69, 9.17) is 9.47 Å². The average molecular weight is 295 g/mol. The van der Waals surface area contributed by atoms with Gasteiger partial charge in [-0.1, -0.05) is 19.9 Å². The Morgan fingerprint density at radius 1 is 1.00 bits per heavy atom. The zero-order valence-electron chi connectivity index (χ0n) is 13.7. The lowest BCUT2D eigenvalue weighted by molar-refractivity contribution is 0.0323. The van der Waals surface area contributed by atoms with Gasteiger partial charge in [0.15, 0.2) is 11.5 Å². The second kappa shape index (κ2) is 8.90. The maximum atomic E-state index is 10.3. The highest BCUT2D eigenvalue weighted by molar-refractivity contribution is 5.43. The molecule has 1 aromatic carbocycles. The third-order valence-electron chi connectivity index (χ3n) is 3.71. The van der Waals surface area contributed by atoms with Gasteiger partial charge in [0.2, 0.25) is 0 Å². The minimum Gasteiger partial charge on any atom is -0.490 e. The van der Waals surface area contributed by atoms with Gasteiger partial charge in [-0.05, 0) is 44.4 Å². The number of benzene rings is 1. The van der Waals surface area contributed by atoms with Crippen LogP contribution in [0.2, 0.25) is 0 Å². The Balaban J connectivity index is 2.65. The fourth-order valence-corrected chi connectivity index (χ4v) is 2.15. The van der Waals surface area contributed by atoms with E-state index in [1.165, 1.54) is 0 Å². The Morgan fingerprint density at radius 3 is 2.19 bits per heavy atom. The van der Waals surface area contributed by atoms with E-state index in [-0.39, 0.29) is 0 Å². The van der Waals surface area contributed by atoms with Crippen LogP contribution in [0.3, 0.4) is 0 Å². The zero-order valence-corrected chi connectivity index (χ0v) is 13.7. The van der Waals surface area contributed by atoms with E-state index in [2.05, 4.69) is 5.32 Å². The highest BCUT2D eigenvalue weighted by Crippen LogP contribution is 2.28. The third kappa shape index (κ3) is 5.56. The molecule has 0 saturated carbocycles. The Labute approximate surface area is 128 Å². The van der Waals surface area contributed by atoms with Gasteiger partial charge in [0.05, 0.1) is 18.8 Å². The summed E-state index contributed by atoms with van der Waals surface area (Å²) in [5.74, 6) is 1.56. The average Bonchev–Trinajstić information content (AvgIpc) is 2.50. The minimum absolute atomic E-state index is 0.594. The predicted octanol–water partition coefficient (Wildman–Crippen LogP) is 3.12. The van der Waals surface area contributed by atoms with Crippen LogP contribution in [-0.4, -0.2) is 30.5 Å². The van der Waals surface area contributed by atoms with E-state index >= 15 is 0 Å². The van der Waals surface area contributed by atoms with Gasteiger partial charge in [0.1, 0.15) is 0 Å². The lowest BCUT2D eigenvalue weighted by Gasteiger charge is -2.25. The third-order valence-corrected chi connectivity index (χ3v) is 3.71. The predicted molar refractivity (Wildman–Crippen MR) is 86.0 cm³/mol. The molecule has 120 valence electrons. The molecule has 0 aliphatic rings. The van der Waals surface area contributed by atoms with Crippen molar-refractivity contribution < 1.29 is 14.6 Å². The molecule has 0 unspecified atom stereocenters. The van der Waals surface area contributed by atoms with E-state index in [1.54, 1.807) is 0 Å². The van der Waals surface area contributed by atoms with Crippen molar-refractivity contribution in [3.05, 3.63) is 23.8 Å². The summed E-state index contributed by atoms with van der Waals surface area (Å²) in [4.78, 5) is 0. The van der Waals surface area contributed by atoms with E-state index in [0.717, 1.165) is 29.9 Å². The molecule has 1 aromatic rings. The van der Waals surface area contributed by atoms with E-state index in [1.807, 2.05) is 45.9 Å². The van der Waals surface area contributed by atoms with Gasteiger partial charge in [-0.15, -0.1) is 0 Å². The maximum Gasteiger partial charge on any atom is 0.161 e. The van der Waals surface area contributed by atoms with Gasteiger partial charge >= 0.3 is 0 Å². The zero-order chi connectivity index (χ0) is 15.7. The van der Waals surface area contributed by atoms with Crippen LogP contribution in [0.1, 0.15) is 46.1 Å². The molecule has 0 saturated heterocycles. The molecule has 0 aliphatic carbocycles. The molecule has 0 amide bonds. The van der Waals surface area contributed by atoms with Gasteiger partial charge < -0.3 is 19.9 Å². The maximum absolute atomic E-state index is 10.3. The molecule has 0 bridgehead atoms. The standard InChI is InChI=1S/C17H29NO3/c1-5-17(19,6-2)13-18-12-14-9-10-15(20-7-3)16(11-14)21-8-4/h9-11,18-19H,5-8,12-13H2,1-4H3. The number of rotatable bonds is 10. The number of hydrogen-bond acceptors (Lipinski definition) is 4. The van der Waals surface area contributed by atoms with Crippen molar-refractivity contribution in [2.24, 2.45) is 0 Å². The lowest BCUT2D eigenvalue weighted by atomic mass is 9.97. The molecule has 0 aromatic heterocycles. The molecule has 0 aliphatic heterocycles. The first-order valence-electron chi connectivity index (χ1n) is 7.90. The number of ether oxygens (including phenoxy) is 2. The first-order valence-corrected chi connectivity index (χ1v) is 7.90. The largest absolute Gasteiger partial charge is 0.490 e. The van der Waals surface area contributed by atoms with Crippen molar-refractivity contribution in [2.75, 3.05) is 19.8 Å². The molecular formula is C17H29NO3. The van der Waals surface area contributed by atoms with Crippen LogP contribution in [0.4, 0.5) is 0 Å². The van der Waals surface area contributed by atoms with Gasteiger partial charge in [-0.2, -0.15) is 0 Å². The van der Waals surface area contributed by atoms with Crippen LogP contribution in [0, 0.1) is 0 Å². The second-order valence-electron chi connectivity index (χ2n) is 5.18. The summed E-state index contributed by atoms with van der Waals surface area (Å²) in [6, 6.07) is 5.97. The van der Waals surface area contributed by atoms with Crippen molar-refractivity contribution in [1.29, 1.82) is 0 Å². The minimum atomic E-state index is -0.617. The number of aliphatic hydroxyl groups is 1. The summed E-state index contributed by atoms with van der Waals surface area (Å²) in [5.41, 5.74) is 0.505. The van der Waals surface area contributed by atoms with Crippen molar-refractivity contribution in [1.82, 2.24) is 5.32 Å². The summed E-state index contributed by atoms with van der Waals surface area (Å²) in [6.07, 6.45) is 1.51. The van der Waals surface area contributed by atoms with E-state index in [9.17, 15) is 5.11 Å². The van der Waals surface area contributed by atoms with Crippen molar-refractivity contribution in [3.63, 3.8) is 0 Å². The van der Waals surface area contributed by atoms with Crippen molar-refractivity contribution in [2.45, 2.75) is 52.7 Å². The highest BCUT2D eigenvalue weighted by atomic mass is 16.5. The number of hydrogen-bond donors (Lipinski definition) is 2. The second-order valence-corrected chi connectivity index (χ2v) is 5.18. The summed E-state index contributed by atoms with van der Waals surface area (Å²) in [7, 11) is 0. The lowest BCUT2D eigenvalue weighted by Crippen LogP contribution is -2.39. The summed E-state index contributed by atoms with van der Waals surface area (Å²) in [5, 5.41) is 13.6. The van der Waals surface area contributed by atoms with Crippen LogP contribution in [0.5, 0.6) is 11.5 Å². The van der Waals surface area contributed by atoms with Crippen LogP contribution in [0.25, 0.3) is 0 Å². The summed E-state index contributed by atoms with van der Waals surface area (Å²) >= 11 is 0.